The molecule has 2 rings (SSSR count). The van der Waals surface area contributed by atoms with Crippen molar-refractivity contribution < 1.29 is 9.59 Å². The van der Waals surface area contributed by atoms with Crippen molar-refractivity contribution in [2.24, 2.45) is 5.10 Å². The van der Waals surface area contributed by atoms with Crippen LogP contribution in [0.25, 0.3) is 0 Å². The molecule has 1 aliphatic carbocycles. The number of hydrazone groups is 1. The minimum atomic E-state index is -0.757. The molecule has 2 amide bonds. The second-order valence-corrected chi connectivity index (χ2v) is 5.79. The lowest BCUT2D eigenvalue weighted by atomic mass is 10.1. The molecule has 22 heavy (non-hydrogen) atoms. The normalized spacial score (nSPS) is 16.2. The highest BCUT2D eigenvalue weighted by atomic mass is 35.5. The van der Waals surface area contributed by atoms with Crippen LogP contribution in [0.15, 0.2) is 29.4 Å². The van der Waals surface area contributed by atoms with Crippen LogP contribution in [-0.4, -0.2) is 24.1 Å². The number of nitrogens with one attached hydrogen (secondary N) is 2. The van der Waals surface area contributed by atoms with Crippen molar-refractivity contribution in [3.8, 4) is 0 Å². The molecule has 2 N–H and O–H groups in total. The first-order valence-electron chi connectivity index (χ1n) is 7.55. The van der Waals surface area contributed by atoms with E-state index in [4.69, 9.17) is 11.6 Å². The quantitative estimate of drug-likeness (QED) is 0.389. The molecule has 1 saturated carbocycles. The fraction of sp³-hybridized carbons (Fsp3) is 0.438. The predicted molar refractivity (Wildman–Crippen MR) is 86.8 cm³/mol. The van der Waals surface area contributed by atoms with Gasteiger partial charge in [-0.2, -0.15) is 5.10 Å². The van der Waals surface area contributed by atoms with Gasteiger partial charge in [0.15, 0.2) is 0 Å². The summed E-state index contributed by atoms with van der Waals surface area (Å²) < 4.78 is 0. The molecule has 0 aliphatic heterocycles. The minimum Gasteiger partial charge on any atom is -0.345 e. The van der Waals surface area contributed by atoms with Crippen LogP contribution in [0, 0.1) is 0 Å². The SMILES string of the molecule is O=C(N/N=C\c1ccccc1Cl)C(=O)NC1CCCCCC1. The van der Waals surface area contributed by atoms with Crippen molar-refractivity contribution >= 4 is 29.6 Å². The molecule has 0 heterocycles. The predicted octanol–water partition coefficient (Wildman–Crippen LogP) is 2.63. The number of amides is 2. The zero-order valence-corrected chi connectivity index (χ0v) is 13.1. The lowest BCUT2D eigenvalue weighted by molar-refractivity contribution is -0.139. The maximum atomic E-state index is 11.8. The van der Waals surface area contributed by atoms with Crippen LogP contribution >= 0.6 is 11.6 Å². The van der Waals surface area contributed by atoms with Gasteiger partial charge in [-0.1, -0.05) is 55.5 Å². The second-order valence-electron chi connectivity index (χ2n) is 5.38. The van der Waals surface area contributed by atoms with Gasteiger partial charge in [-0.3, -0.25) is 9.59 Å². The number of rotatable bonds is 3. The third-order valence-corrected chi connectivity index (χ3v) is 4.02. The van der Waals surface area contributed by atoms with Crippen molar-refractivity contribution in [1.82, 2.24) is 10.7 Å². The van der Waals surface area contributed by atoms with Crippen molar-refractivity contribution in [1.29, 1.82) is 0 Å². The summed E-state index contributed by atoms with van der Waals surface area (Å²) in [5.41, 5.74) is 2.90. The van der Waals surface area contributed by atoms with Crippen LogP contribution in [-0.2, 0) is 9.59 Å². The van der Waals surface area contributed by atoms with Crippen LogP contribution in [0.1, 0.15) is 44.1 Å². The van der Waals surface area contributed by atoms with Gasteiger partial charge in [-0.15, -0.1) is 0 Å². The molecule has 5 nitrogen and oxygen atoms in total. The van der Waals surface area contributed by atoms with Gasteiger partial charge in [-0.05, 0) is 18.9 Å². The van der Waals surface area contributed by atoms with Gasteiger partial charge in [0, 0.05) is 16.6 Å². The first-order chi connectivity index (χ1) is 10.7. The van der Waals surface area contributed by atoms with Gasteiger partial charge in [0.2, 0.25) is 0 Å². The van der Waals surface area contributed by atoms with Crippen molar-refractivity contribution in [3.05, 3.63) is 34.9 Å². The highest BCUT2D eigenvalue weighted by Crippen LogP contribution is 2.17. The van der Waals surface area contributed by atoms with E-state index in [0.29, 0.717) is 10.6 Å². The Morgan fingerprint density at radius 2 is 1.77 bits per heavy atom. The summed E-state index contributed by atoms with van der Waals surface area (Å²) in [6.45, 7) is 0. The molecule has 1 fully saturated rings. The fourth-order valence-electron chi connectivity index (χ4n) is 2.47. The highest BCUT2D eigenvalue weighted by molar-refractivity contribution is 6.35. The molecule has 0 saturated heterocycles. The summed E-state index contributed by atoms with van der Waals surface area (Å²) in [5, 5.41) is 7.06. The van der Waals surface area contributed by atoms with E-state index < -0.39 is 11.8 Å². The molecule has 0 unspecified atom stereocenters. The number of hydrogen-bond donors (Lipinski definition) is 2. The van der Waals surface area contributed by atoms with Crippen LogP contribution in [0.2, 0.25) is 5.02 Å². The number of carbonyl (C=O) groups is 2. The zero-order valence-electron chi connectivity index (χ0n) is 12.3. The van der Waals surface area contributed by atoms with Crippen molar-refractivity contribution in [2.45, 2.75) is 44.6 Å². The maximum Gasteiger partial charge on any atom is 0.329 e. The standard InChI is InChI=1S/C16H20ClN3O2/c17-14-10-6-5-7-12(14)11-18-20-16(22)15(21)19-13-8-3-1-2-4-9-13/h5-7,10-11,13H,1-4,8-9H2,(H,19,21)(H,20,22)/b18-11-. The molecule has 0 spiro atoms. The molecule has 6 heteroatoms. The molecule has 1 aromatic carbocycles. The Morgan fingerprint density at radius 1 is 1.09 bits per heavy atom. The number of benzene rings is 1. The Morgan fingerprint density at radius 3 is 2.45 bits per heavy atom. The zero-order chi connectivity index (χ0) is 15.8. The maximum absolute atomic E-state index is 11.8. The molecule has 1 aliphatic rings. The number of hydrogen-bond acceptors (Lipinski definition) is 3. The molecule has 0 atom stereocenters. The molecule has 0 bridgehead atoms. The molecular formula is C16H20ClN3O2. The highest BCUT2D eigenvalue weighted by Gasteiger charge is 2.19. The number of nitrogens with zero attached hydrogens (tertiary/aromatic N) is 1. The lowest BCUT2D eigenvalue weighted by Crippen LogP contribution is -2.43. The van der Waals surface area contributed by atoms with Crippen molar-refractivity contribution in [2.75, 3.05) is 0 Å². The summed E-state index contributed by atoms with van der Waals surface area (Å²) in [4.78, 5) is 23.5. The van der Waals surface area contributed by atoms with E-state index in [0.717, 1.165) is 25.7 Å². The van der Waals surface area contributed by atoms with Gasteiger partial charge < -0.3 is 5.32 Å². The lowest BCUT2D eigenvalue weighted by Gasteiger charge is -2.14. The van der Waals surface area contributed by atoms with E-state index in [1.165, 1.54) is 19.1 Å². The molecule has 0 aromatic heterocycles. The van der Waals surface area contributed by atoms with E-state index >= 15 is 0 Å². The Hall–Kier alpha value is -1.88. The number of carbonyl (C=O) groups excluding carboxylic acids is 2. The summed E-state index contributed by atoms with van der Waals surface area (Å²) in [6.07, 6.45) is 7.86. The summed E-state index contributed by atoms with van der Waals surface area (Å²) in [6, 6.07) is 7.20. The third kappa shape index (κ3) is 5.15. The van der Waals surface area contributed by atoms with Crippen molar-refractivity contribution in [3.63, 3.8) is 0 Å². The van der Waals surface area contributed by atoms with Crippen LogP contribution in [0.4, 0.5) is 0 Å². The Balaban J connectivity index is 1.81. The third-order valence-electron chi connectivity index (χ3n) is 3.67. The largest absolute Gasteiger partial charge is 0.345 e. The fourth-order valence-corrected chi connectivity index (χ4v) is 2.65. The van der Waals surface area contributed by atoms with Gasteiger partial charge >= 0.3 is 11.8 Å². The smallest absolute Gasteiger partial charge is 0.329 e. The van der Waals surface area contributed by atoms with E-state index in [2.05, 4.69) is 15.8 Å². The summed E-state index contributed by atoms with van der Waals surface area (Å²) in [7, 11) is 0. The van der Waals surface area contributed by atoms with E-state index in [-0.39, 0.29) is 6.04 Å². The Bertz CT molecular complexity index is 552. The molecule has 118 valence electrons. The monoisotopic (exact) mass is 321 g/mol. The molecular weight excluding hydrogens is 302 g/mol. The first-order valence-corrected chi connectivity index (χ1v) is 7.93. The van der Waals surface area contributed by atoms with Crippen LogP contribution < -0.4 is 10.7 Å². The summed E-state index contributed by atoms with van der Waals surface area (Å²) in [5.74, 6) is -1.39. The Labute approximate surface area is 135 Å². The summed E-state index contributed by atoms with van der Waals surface area (Å²) >= 11 is 5.96. The van der Waals surface area contributed by atoms with Gasteiger partial charge in [-0.25, -0.2) is 5.43 Å². The minimum absolute atomic E-state index is 0.0910. The number of halogens is 1. The van der Waals surface area contributed by atoms with Gasteiger partial charge in [0.1, 0.15) is 0 Å². The second kappa shape index (κ2) is 8.54. The van der Waals surface area contributed by atoms with E-state index in [9.17, 15) is 9.59 Å². The Kier molecular flexibility index (Phi) is 6.40. The van der Waals surface area contributed by atoms with Gasteiger partial charge in [0.05, 0.1) is 6.21 Å². The molecule has 1 aromatic rings. The van der Waals surface area contributed by atoms with E-state index in [1.54, 1.807) is 18.2 Å². The topological polar surface area (TPSA) is 70.6 Å². The average molecular weight is 322 g/mol. The first kappa shape index (κ1) is 16.5. The van der Waals surface area contributed by atoms with Crippen LogP contribution in [0.3, 0.4) is 0 Å². The van der Waals surface area contributed by atoms with Crippen LogP contribution in [0.5, 0.6) is 0 Å². The van der Waals surface area contributed by atoms with E-state index in [1.807, 2.05) is 6.07 Å². The molecule has 0 radical (unpaired) electrons. The average Bonchev–Trinajstić information content (AvgIpc) is 2.77. The van der Waals surface area contributed by atoms with Gasteiger partial charge in [0.25, 0.3) is 0 Å².